The Morgan fingerprint density at radius 1 is 1.61 bits per heavy atom. The van der Waals surface area contributed by atoms with Crippen LogP contribution in [0, 0.1) is 0 Å². The third kappa shape index (κ3) is 3.37. The Bertz CT molecular complexity index is 455. The topological polar surface area (TPSA) is 49.8 Å². The van der Waals surface area contributed by atoms with Crippen molar-refractivity contribution in [3.05, 3.63) is 27.7 Å². The predicted octanol–water partition coefficient (Wildman–Crippen LogP) is 2.07. The van der Waals surface area contributed by atoms with E-state index in [0.717, 1.165) is 0 Å². The fourth-order valence-corrected chi connectivity index (χ4v) is 2.59. The first-order chi connectivity index (χ1) is 8.56. The molecular weight excluding hydrogens is 321 g/mol. The molecule has 0 aliphatic carbocycles. The Hall–Kier alpha value is -0.780. The van der Waals surface area contributed by atoms with E-state index in [0.29, 0.717) is 34.8 Å². The molecule has 2 rings (SSSR count). The van der Waals surface area contributed by atoms with Crippen LogP contribution < -0.4 is 4.74 Å². The van der Waals surface area contributed by atoms with Crippen molar-refractivity contribution in [2.75, 3.05) is 19.7 Å². The molecule has 0 spiro atoms. The number of aliphatic hydroxyl groups excluding tert-OH is 1. The molecule has 18 heavy (non-hydrogen) atoms. The minimum absolute atomic E-state index is 0.0348. The zero-order chi connectivity index (χ0) is 13.1. The summed E-state index contributed by atoms with van der Waals surface area (Å²) in [5, 5.41) is 9.95. The van der Waals surface area contributed by atoms with E-state index in [4.69, 9.17) is 16.3 Å². The highest BCUT2D eigenvalue weighted by atomic mass is 79.9. The van der Waals surface area contributed by atoms with E-state index in [1.807, 2.05) is 0 Å². The van der Waals surface area contributed by atoms with Crippen LogP contribution in [0.3, 0.4) is 0 Å². The Labute approximate surface area is 119 Å². The number of nitrogens with zero attached hydrogens (tertiary/aromatic N) is 1. The third-order valence-corrected chi connectivity index (χ3v) is 3.62. The van der Waals surface area contributed by atoms with Crippen molar-refractivity contribution in [3.8, 4) is 5.75 Å². The molecular formula is C12H13BrClNO3. The third-order valence-electron chi connectivity index (χ3n) is 2.76. The fraction of sp³-hybridized carbons (Fsp3) is 0.417. The van der Waals surface area contributed by atoms with Crippen LogP contribution in [0.5, 0.6) is 5.75 Å². The molecule has 0 bridgehead atoms. The molecule has 1 aromatic carbocycles. The van der Waals surface area contributed by atoms with Gasteiger partial charge < -0.3 is 14.7 Å². The summed E-state index contributed by atoms with van der Waals surface area (Å²) >= 11 is 9.13. The van der Waals surface area contributed by atoms with Crippen molar-refractivity contribution in [2.45, 2.75) is 12.5 Å². The molecule has 1 aliphatic rings. The number of carbonyl (C=O) groups is 1. The van der Waals surface area contributed by atoms with E-state index in [1.54, 1.807) is 23.1 Å². The fourth-order valence-electron chi connectivity index (χ4n) is 1.79. The highest BCUT2D eigenvalue weighted by Gasteiger charge is 2.24. The number of rotatable bonds is 3. The highest BCUT2D eigenvalue weighted by Crippen LogP contribution is 2.28. The Balaban J connectivity index is 1.89. The molecule has 0 aromatic heterocycles. The Morgan fingerprint density at radius 2 is 2.39 bits per heavy atom. The van der Waals surface area contributed by atoms with Crippen molar-refractivity contribution >= 4 is 33.4 Å². The van der Waals surface area contributed by atoms with Gasteiger partial charge in [-0.25, -0.2) is 0 Å². The Morgan fingerprint density at radius 3 is 3.00 bits per heavy atom. The molecule has 6 heteroatoms. The summed E-state index contributed by atoms with van der Waals surface area (Å²) < 4.78 is 6.14. The number of hydrogen-bond acceptors (Lipinski definition) is 3. The van der Waals surface area contributed by atoms with Crippen LogP contribution in [-0.2, 0) is 4.79 Å². The first-order valence-electron chi connectivity index (χ1n) is 5.60. The van der Waals surface area contributed by atoms with Crippen LogP contribution in [0.2, 0.25) is 5.02 Å². The lowest BCUT2D eigenvalue weighted by Crippen LogP contribution is -2.33. The van der Waals surface area contributed by atoms with Gasteiger partial charge in [0.2, 0.25) is 0 Å². The van der Waals surface area contributed by atoms with Crippen molar-refractivity contribution in [1.29, 1.82) is 0 Å². The molecule has 1 saturated heterocycles. The summed E-state index contributed by atoms with van der Waals surface area (Å²) in [6.45, 7) is 0.947. The molecule has 1 amide bonds. The number of halogens is 2. The van der Waals surface area contributed by atoms with Crippen LogP contribution in [-0.4, -0.2) is 41.7 Å². The maximum atomic E-state index is 11.8. The zero-order valence-electron chi connectivity index (χ0n) is 9.60. The van der Waals surface area contributed by atoms with Crippen LogP contribution in [0.25, 0.3) is 0 Å². The van der Waals surface area contributed by atoms with Gasteiger partial charge in [-0.15, -0.1) is 0 Å². The lowest BCUT2D eigenvalue weighted by Gasteiger charge is -2.16. The first kappa shape index (κ1) is 13.6. The van der Waals surface area contributed by atoms with Gasteiger partial charge in [0, 0.05) is 18.1 Å². The lowest BCUT2D eigenvalue weighted by molar-refractivity contribution is -0.132. The van der Waals surface area contributed by atoms with Gasteiger partial charge in [-0.2, -0.15) is 0 Å². The maximum Gasteiger partial charge on any atom is 0.260 e. The van der Waals surface area contributed by atoms with Gasteiger partial charge in [0.15, 0.2) is 6.61 Å². The van der Waals surface area contributed by atoms with Crippen molar-refractivity contribution < 1.29 is 14.6 Å². The largest absolute Gasteiger partial charge is 0.483 e. The second kappa shape index (κ2) is 5.91. The summed E-state index contributed by atoms with van der Waals surface area (Å²) in [7, 11) is 0. The standard InChI is InChI=1S/C12H13BrClNO3/c13-10-5-8(14)1-2-11(10)18-7-12(17)15-4-3-9(16)6-15/h1-2,5,9,16H,3-4,6-7H2. The van der Waals surface area contributed by atoms with E-state index in [9.17, 15) is 9.90 Å². The molecule has 1 N–H and O–H groups in total. The van der Waals surface area contributed by atoms with Crippen LogP contribution >= 0.6 is 27.5 Å². The summed E-state index contributed by atoms with van der Waals surface area (Å²) in [5.41, 5.74) is 0. The van der Waals surface area contributed by atoms with Crippen LogP contribution in [0.4, 0.5) is 0 Å². The van der Waals surface area contributed by atoms with Gasteiger partial charge >= 0.3 is 0 Å². The molecule has 4 nitrogen and oxygen atoms in total. The second-order valence-electron chi connectivity index (χ2n) is 4.15. The molecule has 1 aromatic rings. The monoisotopic (exact) mass is 333 g/mol. The van der Waals surface area contributed by atoms with Gasteiger partial charge in [-0.1, -0.05) is 11.6 Å². The average Bonchev–Trinajstić information content (AvgIpc) is 2.74. The van der Waals surface area contributed by atoms with Crippen LogP contribution in [0.1, 0.15) is 6.42 Å². The smallest absolute Gasteiger partial charge is 0.260 e. The quantitative estimate of drug-likeness (QED) is 0.921. The normalized spacial score (nSPS) is 19.1. The van der Waals surface area contributed by atoms with E-state index >= 15 is 0 Å². The van der Waals surface area contributed by atoms with Gasteiger partial charge in [0.25, 0.3) is 5.91 Å². The molecule has 1 heterocycles. The van der Waals surface area contributed by atoms with E-state index < -0.39 is 6.10 Å². The van der Waals surface area contributed by atoms with Crippen molar-refractivity contribution in [2.24, 2.45) is 0 Å². The average molecular weight is 335 g/mol. The van der Waals surface area contributed by atoms with E-state index in [2.05, 4.69) is 15.9 Å². The van der Waals surface area contributed by atoms with Crippen molar-refractivity contribution in [3.63, 3.8) is 0 Å². The SMILES string of the molecule is O=C(COc1ccc(Cl)cc1Br)N1CCC(O)C1. The summed E-state index contributed by atoms with van der Waals surface area (Å²) in [5.74, 6) is 0.459. The highest BCUT2D eigenvalue weighted by molar-refractivity contribution is 9.10. The molecule has 0 radical (unpaired) electrons. The van der Waals surface area contributed by atoms with Crippen molar-refractivity contribution in [1.82, 2.24) is 4.90 Å². The number of β-amino-alcohol motifs (C(OH)–C–C–N with tert-alkyl or cyclic N) is 1. The second-order valence-corrected chi connectivity index (χ2v) is 5.44. The molecule has 98 valence electrons. The molecule has 1 unspecified atom stereocenters. The zero-order valence-corrected chi connectivity index (χ0v) is 11.9. The maximum absolute atomic E-state index is 11.8. The van der Waals surface area contributed by atoms with Gasteiger partial charge in [0.05, 0.1) is 10.6 Å². The molecule has 1 atom stereocenters. The summed E-state index contributed by atoms with van der Waals surface area (Å²) in [6.07, 6.45) is 0.229. The molecule has 1 aliphatic heterocycles. The molecule has 0 saturated carbocycles. The van der Waals surface area contributed by atoms with E-state index in [-0.39, 0.29) is 12.5 Å². The first-order valence-corrected chi connectivity index (χ1v) is 6.77. The predicted molar refractivity (Wildman–Crippen MR) is 71.9 cm³/mol. The summed E-state index contributed by atoms with van der Waals surface area (Å²) in [6, 6.07) is 5.12. The number of amides is 1. The number of likely N-dealkylation sites (tertiary alicyclic amines) is 1. The number of benzene rings is 1. The minimum atomic E-state index is -0.406. The number of ether oxygens (including phenoxy) is 1. The van der Waals surface area contributed by atoms with E-state index in [1.165, 1.54) is 0 Å². The number of carbonyl (C=O) groups excluding carboxylic acids is 1. The number of hydrogen-bond donors (Lipinski definition) is 1. The number of aliphatic hydroxyl groups is 1. The van der Waals surface area contributed by atoms with Crippen LogP contribution in [0.15, 0.2) is 22.7 Å². The van der Waals surface area contributed by atoms with Gasteiger partial charge in [0.1, 0.15) is 5.75 Å². The molecule has 1 fully saturated rings. The Kier molecular flexibility index (Phi) is 4.48. The summed E-state index contributed by atoms with van der Waals surface area (Å²) in [4.78, 5) is 13.4. The minimum Gasteiger partial charge on any atom is -0.483 e. The van der Waals surface area contributed by atoms with Gasteiger partial charge in [-0.05, 0) is 40.5 Å². The lowest BCUT2D eigenvalue weighted by atomic mass is 10.3. The van der Waals surface area contributed by atoms with Gasteiger partial charge in [-0.3, -0.25) is 4.79 Å².